The van der Waals surface area contributed by atoms with Gasteiger partial charge in [-0.15, -0.1) is 17.4 Å². The van der Waals surface area contributed by atoms with E-state index in [4.69, 9.17) is 11.2 Å². The summed E-state index contributed by atoms with van der Waals surface area (Å²) in [5, 5.41) is 20.7. The van der Waals surface area contributed by atoms with Gasteiger partial charge in [0.15, 0.2) is 0 Å². The zero-order chi connectivity index (χ0) is 32.9. The van der Waals surface area contributed by atoms with Crippen molar-refractivity contribution in [3.8, 4) is 12.3 Å². The number of nitrogens with zero attached hydrogens (tertiary/aromatic N) is 6. The molecule has 1 aromatic rings. The number of carbonyl (C=O) groups is 4. The molecular formula is C32H53N7O6. The van der Waals surface area contributed by atoms with E-state index in [9.17, 15) is 24.3 Å². The van der Waals surface area contributed by atoms with E-state index in [0.29, 0.717) is 71.3 Å². The van der Waals surface area contributed by atoms with Gasteiger partial charge in [-0.3, -0.25) is 23.9 Å². The number of ether oxygens (including phenoxy) is 1. The first-order chi connectivity index (χ1) is 21.8. The van der Waals surface area contributed by atoms with Gasteiger partial charge in [0.2, 0.25) is 17.7 Å². The van der Waals surface area contributed by atoms with Gasteiger partial charge in [-0.2, -0.15) is 0 Å². The molecule has 0 saturated carbocycles. The summed E-state index contributed by atoms with van der Waals surface area (Å²) in [6.07, 6.45) is 13.4. The fourth-order valence-electron chi connectivity index (χ4n) is 5.13. The molecule has 252 valence electrons. The predicted molar refractivity (Wildman–Crippen MR) is 170 cm³/mol. The maximum atomic E-state index is 13.2. The van der Waals surface area contributed by atoms with Crippen LogP contribution in [0.5, 0.6) is 0 Å². The van der Waals surface area contributed by atoms with Gasteiger partial charge in [0.1, 0.15) is 0 Å². The van der Waals surface area contributed by atoms with E-state index in [-0.39, 0.29) is 62.1 Å². The molecule has 1 fully saturated rings. The average molecular weight is 632 g/mol. The van der Waals surface area contributed by atoms with Crippen LogP contribution in [0.2, 0.25) is 0 Å². The number of carbonyl (C=O) groups excluding carboxylic acids is 4. The van der Waals surface area contributed by atoms with Crippen LogP contribution in [0.1, 0.15) is 76.8 Å². The van der Waals surface area contributed by atoms with Crippen molar-refractivity contribution in [1.29, 1.82) is 0 Å². The van der Waals surface area contributed by atoms with Gasteiger partial charge in [0, 0.05) is 77.6 Å². The molecule has 0 radical (unpaired) electrons. The van der Waals surface area contributed by atoms with Gasteiger partial charge in [0.25, 0.3) is 0 Å². The van der Waals surface area contributed by atoms with Gasteiger partial charge in [-0.1, -0.05) is 12.1 Å². The quantitative estimate of drug-likeness (QED) is 0.110. The second-order valence-electron chi connectivity index (χ2n) is 11.6. The summed E-state index contributed by atoms with van der Waals surface area (Å²) in [6.45, 7) is 5.92. The maximum absolute atomic E-state index is 13.2. The molecule has 13 nitrogen and oxygen atoms in total. The zero-order valence-corrected chi connectivity index (χ0v) is 27.3. The van der Waals surface area contributed by atoms with Gasteiger partial charge in [-0.05, 0) is 58.7 Å². The number of aryl methyl sites for hydroxylation is 2. The zero-order valence-electron chi connectivity index (χ0n) is 27.3. The molecule has 0 atom stereocenters. The van der Waals surface area contributed by atoms with E-state index in [1.54, 1.807) is 14.5 Å². The highest BCUT2D eigenvalue weighted by atomic mass is 16.5. The van der Waals surface area contributed by atoms with E-state index in [1.165, 1.54) is 0 Å². The summed E-state index contributed by atoms with van der Waals surface area (Å²) in [5.74, 6) is 2.15. The van der Waals surface area contributed by atoms with Crippen LogP contribution < -0.4 is 5.32 Å². The third-order valence-electron chi connectivity index (χ3n) is 7.85. The monoisotopic (exact) mass is 631 g/mol. The lowest BCUT2D eigenvalue weighted by atomic mass is 9.97. The molecule has 45 heavy (non-hydrogen) atoms. The minimum absolute atomic E-state index is 0.0103. The Kier molecular flexibility index (Phi) is 18.5. The number of hydrogen-bond donors (Lipinski definition) is 2. The van der Waals surface area contributed by atoms with Crippen LogP contribution >= 0.6 is 0 Å². The number of nitrogens with one attached hydrogen (secondary N) is 1. The fraction of sp³-hybridized carbons (Fsp3) is 0.750. The number of terminal acetylenes is 1. The molecule has 13 heteroatoms. The minimum Gasteiger partial charge on any atom is -0.465 e. The van der Waals surface area contributed by atoms with Gasteiger partial charge in [-0.25, -0.2) is 0 Å². The number of esters is 1. The van der Waals surface area contributed by atoms with Crippen LogP contribution in [-0.4, -0.2) is 125 Å². The largest absolute Gasteiger partial charge is 0.465 e. The van der Waals surface area contributed by atoms with Gasteiger partial charge in [0.05, 0.1) is 24.8 Å². The normalized spacial score (nSPS) is 13.6. The lowest BCUT2D eigenvalue weighted by Crippen LogP contribution is -2.44. The molecule has 0 bridgehead atoms. The number of piperidine rings is 1. The Morgan fingerprint density at radius 3 is 2.40 bits per heavy atom. The van der Waals surface area contributed by atoms with Gasteiger partial charge >= 0.3 is 5.97 Å². The topological polar surface area (TPSA) is 150 Å². The second kappa shape index (κ2) is 22.1. The molecule has 2 heterocycles. The van der Waals surface area contributed by atoms with Crippen molar-refractivity contribution in [2.24, 2.45) is 5.92 Å². The number of rotatable bonds is 22. The first kappa shape index (κ1) is 37.7. The molecule has 1 aliphatic rings. The summed E-state index contributed by atoms with van der Waals surface area (Å²) in [6, 6.07) is 0. The molecule has 0 unspecified atom stereocenters. The molecule has 1 aromatic heterocycles. The molecule has 2 rings (SSSR count). The molecule has 0 aromatic carbocycles. The lowest BCUT2D eigenvalue weighted by Gasteiger charge is -2.28. The van der Waals surface area contributed by atoms with E-state index >= 15 is 0 Å². The Labute approximate surface area is 268 Å². The first-order valence-electron chi connectivity index (χ1n) is 16.4. The van der Waals surface area contributed by atoms with Crippen LogP contribution in [0.4, 0.5) is 0 Å². The van der Waals surface area contributed by atoms with E-state index in [0.717, 1.165) is 38.0 Å². The highest BCUT2D eigenvalue weighted by Gasteiger charge is 2.24. The molecule has 0 aliphatic carbocycles. The third kappa shape index (κ3) is 15.4. The number of aliphatic hydroxyl groups is 1. The first-order valence-corrected chi connectivity index (χ1v) is 16.4. The van der Waals surface area contributed by atoms with Crippen molar-refractivity contribution in [2.45, 2.75) is 84.1 Å². The van der Waals surface area contributed by atoms with E-state index in [2.05, 4.69) is 33.5 Å². The Morgan fingerprint density at radius 1 is 1.04 bits per heavy atom. The molecule has 2 N–H and O–H groups in total. The van der Waals surface area contributed by atoms with Crippen molar-refractivity contribution in [2.75, 3.05) is 66.1 Å². The van der Waals surface area contributed by atoms with Crippen LogP contribution in [0, 0.1) is 18.3 Å². The SMILES string of the molecule is C#CCCCC(=O)N(CCO)CCN(CCNC(=O)CCC)C(=O)CCCc1cn(CCCOC(=O)C2CCN(C)CC2)nn1. The second-order valence-corrected chi connectivity index (χ2v) is 11.6. The summed E-state index contributed by atoms with van der Waals surface area (Å²) in [7, 11) is 2.06. The number of aromatic nitrogens is 3. The van der Waals surface area contributed by atoms with E-state index in [1.807, 2.05) is 13.1 Å². The molecular weight excluding hydrogens is 578 g/mol. The number of aliphatic hydroxyl groups excluding tert-OH is 1. The maximum Gasteiger partial charge on any atom is 0.309 e. The van der Waals surface area contributed by atoms with Crippen LogP contribution in [-0.2, 0) is 36.9 Å². The number of hydrogen-bond acceptors (Lipinski definition) is 9. The predicted octanol–water partition coefficient (Wildman–Crippen LogP) is 1.25. The Morgan fingerprint density at radius 2 is 1.73 bits per heavy atom. The minimum atomic E-state index is -0.174. The van der Waals surface area contributed by atoms with Crippen molar-refractivity contribution in [3.63, 3.8) is 0 Å². The smallest absolute Gasteiger partial charge is 0.309 e. The highest BCUT2D eigenvalue weighted by Crippen LogP contribution is 2.17. The van der Waals surface area contributed by atoms with Crippen LogP contribution in [0.15, 0.2) is 6.20 Å². The van der Waals surface area contributed by atoms with Crippen LogP contribution in [0.3, 0.4) is 0 Å². The summed E-state index contributed by atoms with van der Waals surface area (Å²) in [5.41, 5.74) is 0.774. The molecule has 0 spiro atoms. The average Bonchev–Trinajstić information content (AvgIpc) is 3.48. The Bertz CT molecular complexity index is 1080. The molecule has 3 amide bonds. The molecule has 1 saturated heterocycles. The van der Waals surface area contributed by atoms with Crippen molar-refractivity contribution < 1.29 is 29.0 Å². The third-order valence-corrected chi connectivity index (χ3v) is 7.85. The van der Waals surface area contributed by atoms with Crippen molar-refractivity contribution in [3.05, 3.63) is 11.9 Å². The summed E-state index contributed by atoms with van der Waals surface area (Å²) in [4.78, 5) is 55.5. The number of likely N-dealkylation sites (tertiary alicyclic amines) is 1. The summed E-state index contributed by atoms with van der Waals surface area (Å²) >= 11 is 0. The lowest BCUT2D eigenvalue weighted by molar-refractivity contribution is -0.150. The Balaban J connectivity index is 1.80. The Hall–Kier alpha value is -3.50. The van der Waals surface area contributed by atoms with Crippen molar-refractivity contribution in [1.82, 2.24) is 35.0 Å². The highest BCUT2D eigenvalue weighted by molar-refractivity contribution is 5.78. The molecule has 1 aliphatic heterocycles. The van der Waals surface area contributed by atoms with E-state index < -0.39 is 0 Å². The summed E-state index contributed by atoms with van der Waals surface area (Å²) < 4.78 is 7.19. The number of amides is 3. The van der Waals surface area contributed by atoms with Crippen LogP contribution in [0.25, 0.3) is 0 Å². The van der Waals surface area contributed by atoms with Crippen molar-refractivity contribution >= 4 is 23.7 Å². The fourth-order valence-corrected chi connectivity index (χ4v) is 5.13. The standard InChI is InChI=1S/C32H53N7O6/c1-4-6-7-12-30(42)38(23-24-40)22-21-37(20-16-33-29(41)10-5-2)31(43)13-8-11-28-26-39(35-34-28)17-9-25-45-32(44)27-14-18-36(3)19-15-27/h1,26-27,40H,5-25H2,2-3H3,(H,33,41). The number of unbranched alkanes of at least 4 members (excludes halogenated alkanes) is 1. The van der Waals surface area contributed by atoms with Gasteiger partial charge < -0.3 is 29.9 Å².